The van der Waals surface area contributed by atoms with Crippen LogP contribution in [0.15, 0.2) is 0 Å². The van der Waals surface area contributed by atoms with Gasteiger partial charge in [0.25, 0.3) is 0 Å². The van der Waals surface area contributed by atoms with Crippen molar-refractivity contribution in [1.29, 1.82) is 0 Å². The second-order valence-corrected chi connectivity index (χ2v) is 5.21. The van der Waals surface area contributed by atoms with Crippen molar-refractivity contribution in [3.63, 3.8) is 0 Å². The average molecular weight is 175 g/mol. The van der Waals surface area contributed by atoms with Crippen molar-refractivity contribution in [2.75, 3.05) is 19.6 Å². The van der Waals surface area contributed by atoms with Crippen LogP contribution < -0.4 is 0 Å². The van der Waals surface area contributed by atoms with Gasteiger partial charge in [-0.25, -0.2) is 0 Å². The summed E-state index contributed by atoms with van der Waals surface area (Å²) in [6, 6.07) is 0. The van der Waals surface area contributed by atoms with Crippen molar-refractivity contribution in [2.24, 2.45) is 5.41 Å². The normalized spacial score (nSPS) is 21.5. The summed E-state index contributed by atoms with van der Waals surface area (Å²) in [5.74, 6) is 0. The molecular formula is C11H22LiN. The van der Waals surface area contributed by atoms with Crippen LogP contribution in [0.2, 0.25) is 5.09 Å². The molecular weight excluding hydrogens is 153 g/mol. The molecule has 0 atom stereocenters. The zero-order valence-corrected chi connectivity index (χ0v) is 9.60. The Hall–Kier alpha value is 0.557. The Balaban J connectivity index is 2.33. The summed E-state index contributed by atoms with van der Waals surface area (Å²) in [7, 11) is 0. The molecule has 0 bridgehead atoms. The monoisotopic (exact) mass is 175 g/mol. The molecule has 1 rings (SSSR count). The van der Waals surface area contributed by atoms with Gasteiger partial charge in [0.2, 0.25) is 0 Å². The summed E-state index contributed by atoms with van der Waals surface area (Å²) in [5, 5.41) is 1.30. The van der Waals surface area contributed by atoms with E-state index in [0.29, 0.717) is 5.41 Å². The van der Waals surface area contributed by atoms with Gasteiger partial charge >= 0.3 is 92.3 Å². The third-order valence-corrected chi connectivity index (χ3v) is 3.31. The van der Waals surface area contributed by atoms with E-state index in [2.05, 4.69) is 36.5 Å². The molecule has 1 saturated heterocycles. The van der Waals surface area contributed by atoms with Crippen LogP contribution in [0.4, 0.5) is 0 Å². The van der Waals surface area contributed by atoms with Gasteiger partial charge in [-0.05, 0) is 0 Å². The molecule has 1 aliphatic heterocycles. The standard InChI is InChI=1S/C11H22N.Li/c1-11(2,3)10-12-8-6-4-5-7-9-12;/h1,4-10H2,2-3H3;. The van der Waals surface area contributed by atoms with Crippen molar-refractivity contribution >= 4 is 17.7 Å². The van der Waals surface area contributed by atoms with E-state index in [1.165, 1.54) is 50.4 Å². The number of nitrogens with zero attached hydrogens (tertiary/aromatic N) is 1. The van der Waals surface area contributed by atoms with Crippen molar-refractivity contribution in [1.82, 2.24) is 4.90 Å². The van der Waals surface area contributed by atoms with Crippen LogP contribution in [0.5, 0.6) is 0 Å². The molecule has 0 spiro atoms. The number of rotatable bonds is 3. The molecule has 0 aromatic rings. The van der Waals surface area contributed by atoms with E-state index >= 15 is 0 Å². The van der Waals surface area contributed by atoms with Gasteiger partial charge in [-0.2, -0.15) is 0 Å². The van der Waals surface area contributed by atoms with E-state index in [0.717, 1.165) is 0 Å². The van der Waals surface area contributed by atoms with Crippen LogP contribution in [0.3, 0.4) is 0 Å². The number of hydrogen-bond acceptors (Lipinski definition) is 1. The maximum absolute atomic E-state index is 2.66. The topological polar surface area (TPSA) is 3.24 Å². The molecule has 0 amide bonds. The summed E-state index contributed by atoms with van der Waals surface area (Å²) in [6.45, 7) is 8.74. The summed E-state index contributed by atoms with van der Waals surface area (Å²) in [6.07, 6.45) is 5.73. The van der Waals surface area contributed by atoms with Crippen LogP contribution >= 0.6 is 0 Å². The second kappa shape index (κ2) is 5.44. The molecule has 0 aliphatic carbocycles. The Morgan fingerprint density at radius 2 is 1.62 bits per heavy atom. The molecule has 0 unspecified atom stereocenters. The fourth-order valence-electron chi connectivity index (χ4n) is 2.01. The molecule has 2 heteroatoms. The number of likely N-dealkylation sites (tertiary alicyclic amines) is 1. The number of hydrogen-bond donors (Lipinski definition) is 0. The predicted molar refractivity (Wildman–Crippen MR) is 59.3 cm³/mol. The van der Waals surface area contributed by atoms with Crippen molar-refractivity contribution in [2.45, 2.75) is 44.6 Å². The predicted octanol–water partition coefficient (Wildman–Crippen LogP) is 2.48. The second-order valence-electron chi connectivity index (χ2n) is 5.21. The minimum absolute atomic E-state index is 0.518. The molecule has 1 aliphatic rings. The fraction of sp³-hybridized carbons (Fsp3) is 1.00. The first-order valence-corrected chi connectivity index (χ1v) is 5.86. The molecule has 13 heavy (non-hydrogen) atoms. The SMILES string of the molecule is [Li][CH2]C(C)(C)CN1CCCCCC1. The Bertz CT molecular complexity index is 137. The molecule has 0 saturated carbocycles. The van der Waals surface area contributed by atoms with Gasteiger partial charge in [0.05, 0.1) is 0 Å². The zero-order valence-electron chi connectivity index (χ0n) is 9.60. The molecule has 72 valence electrons. The van der Waals surface area contributed by atoms with Gasteiger partial charge in [0.15, 0.2) is 0 Å². The average Bonchev–Trinajstić information content (AvgIpc) is 2.32. The van der Waals surface area contributed by atoms with Gasteiger partial charge in [-0.1, -0.05) is 0 Å². The summed E-state index contributed by atoms with van der Waals surface area (Å²) >= 11 is 2.30. The minimum atomic E-state index is 0.518. The fourth-order valence-corrected chi connectivity index (χ4v) is 2.01. The van der Waals surface area contributed by atoms with Crippen molar-refractivity contribution in [3.8, 4) is 0 Å². The summed E-state index contributed by atoms with van der Waals surface area (Å²) in [5.41, 5.74) is 0.518. The Kier molecular flexibility index (Phi) is 4.87. The Morgan fingerprint density at radius 1 is 1.08 bits per heavy atom. The first kappa shape index (κ1) is 11.6. The van der Waals surface area contributed by atoms with Gasteiger partial charge in [0, 0.05) is 0 Å². The van der Waals surface area contributed by atoms with Gasteiger partial charge < -0.3 is 0 Å². The third kappa shape index (κ3) is 4.54. The molecule has 0 N–H and O–H groups in total. The van der Waals surface area contributed by atoms with Gasteiger partial charge in [0.1, 0.15) is 0 Å². The molecule has 0 radical (unpaired) electrons. The van der Waals surface area contributed by atoms with Crippen LogP contribution in [0.25, 0.3) is 0 Å². The third-order valence-electron chi connectivity index (χ3n) is 3.31. The van der Waals surface area contributed by atoms with E-state index < -0.39 is 0 Å². The molecule has 1 fully saturated rings. The molecule has 0 aromatic heterocycles. The first-order chi connectivity index (χ1) is 6.14. The summed E-state index contributed by atoms with van der Waals surface area (Å²) < 4.78 is 0. The van der Waals surface area contributed by atoms with E-state index in [9.17, 15) is 0 Å². The van der Waals surface area contributed by atoms with E-state index in [-0.39, 0.29) is 0 Å². The Labute approximate surface area is 92.5 Å². The van der Waals surface area contributed by atoms with Crippen LogP contribution in [0.1, 0.15) is 39.5 Å². The zero-order chi connectivity index (χ0) is 9.73. The van der Waals surface area contributed by atoms with E-state index in [1.54, 1.807) is 0 Å². The maximum atomic E-state index is 2.66. The quantitative estimate of drug-likeness (QED) is 0.596. The van der Waals surface area contributed by atoms with Crippen molar-refractivity contribution < 1.29 is 0 Å². The summed E-state index contributed by atoms with van der Waals surface area (Å²) in [4.78, 5) is 2.66. The van der Waals surface area contributed by atoms with E-state index in [4.69, 9.17) is 0 Å². The Morgan fingerprint density at radius 3 is 2.08 bits per heavy atom. The molecule has 1 heterocycles. The van der Waals surface area contributed by atoms with Crippen LogP contribution in [0, 0.1) is 5.41 Å². The van der Waals surface area contributed by atoms with Crippen LogP contribution in [-0.4, -0.2) is 42.2 Å². The molecule has 1 nitrogen and oxygen atoms in total. The van der Waals surface area contributed by atoms with E-state index in [1.807, 2.05) is 0 Å². The molecule has 0 aromatic carbocycles. The van der Waals surface area contributed by atoms with Crippen molar-refractivity contribution in [3.05, 3.63) is 0 Å². The first-order valence-electron chi connectivity index (χ1n) is 5.86. The van der Waals surface area contributed by atoms with Crippen LogP contribution in [-0.2, 0) is 0 Å². The van der Waals surface area contributed by atoms with Gasteiger partial charge in [-0.3, -0.25) is 0 Å². The van der Waals surface area contributed by atoms with Gasteiger partial charge in [-0.15, -0.1) is 0 Å².